The number of rotatable bonds is 2. The fraction of sp³-hybridized carbons (Fsp3) is 0.750. The van der Waals surface area contributed by atoms with Gasteiger partial charge in [0.2, 0.25) is 0 Å². The van der Waals surface area contributed by atoms with Gasteiger partial charge in [0.15, 0.2) is 0 Å². The van der Waals surface area contributed by atoms with Crippen LogP contribution in [-0.2, 0) is 10.3 Å². The van der Waals surface area contributed by atoms with Crippen LogP contribution in [0.5, 0.6) is 0 Å². The molecule has 2 heterocycles. The molecule has 0 aromatic carbocycles. The molecule has 1 aliphatic heterocycles. The van der Waals surface area contributed by atoms with E-state index in [0.29, 0.717) is 0 Å². The van der Waals surface area contributed by atoms with Crippen molar-refractivity contribution >= 4 is 11.3 Å². The van der Waals surface area contributed by atoms with E-state index >= 15 is 0 Å². The smallest absolute Gasteiger partial charge is 0.125 e. The molecular formula is C12H17NOS. The van der Waals surface area contributed by atoms with Gasteiger partial charge in [-0.1, -0.05) is 0 Å². The third-order valence-electron chi connectivity index (χ3n) is 3.44. The van der Waals surface area contributed by atoms with Gasteiger partial charge < -0.3 is 4.74 Å². The van der Waals surface area contributed by atoms with E-state index in [1.54, 1.807) is 11.3 Å². The quantitative estimate of drug-likeness (QED) is 0.766. The third-order valence-corrected chi connectivity index (χ3v) is 4.54. The summed E-state index contributed by atoms with van der Waals surface area (Å²) in [4.78, 5) is 4.76. The monoisotopic (exact) mass is 223 g/mol. The van der Waals surface area contributed by atoms with Gasteiger partial charge in [0.1, 0.15) is 10.6 Å². The van der Waals surface area contributed by atoms with E-state index in [1.165, 1.54) is 36.4 Å². The molecule has 2 nitrogen and oxygen atoms in total. The molecule has 0 amide bonds. The largest absolute Gasteiger partial charge is 0.368 e. The molecule has 0 bridgehead atoms. The lowest BCUT2D eigenvalue weighted by Gasteiger charge is -2.31. The Bertz CT molecular complexity index is 350. The van der Waals surface area contributed by atoms with E-state index in [4.69, 9.17) is 9.72 Å². The third kappa shape index (κ3) is 1.83. The first-order valence-corrected chi connectivity index (χ1v) is 6.76. The second kappa shape index (κ2) is 3.56. The molecule has 3 heteroatoms. The van der Waals surface area contributed by atoms with E-state index in [0.717, 1.165) is 18.9 Å². The first-order chi connectivity index (χ1) is 7.28. The zero-order valence-electron chi connectivity index (χ0n) is 9.16. The van der Waals surface area contributed by atoms with Crippen LogP contribution in [0.2, 0.25) is 0 Å². The van der Waals surface area contributed by atoms with Gasteiger partial charge in [0, 0.05) is 17.9 Å². The summed E-state index contributed by atoms with van der Waals surface area (Å²) in [7, 11) is 0. The average molecular weight is 223 g/mol. The van der Waals surface area contributed by atoms with E-state index in [1.807, 2.05) is 0 Å². The molecule has 82 valence electrons. The lowest BCUT2D eigenvalue weighted by molar-refractivity contribution is -0.0702. The highest BCUT2D eigenvalue weighted by atomic mass is 32.1. The maximum Gasteiger partial charge on any atom is 0.125 e. The van der Waals surface area contributed by atoms with Gasteiger partial charge in [-0.25, -0.2) is 4.98 Å². The van der Waals surface area contributed by atoms with Crippen molar-refractivity contribution in [1.29, 1.82) is 0 Å². The lowest BCUT2D eigenvalue weighted by atomic mass is 9.97. The molecule has 1 unspecified atom stereocenters. The number of hydrogen-bond donors (Lipinski definition) is 0. The van der Waals surface area contributed by atoms with Gasteiger partial charge in [0.25, 0.3) is 0 Å². The van der Waals surface area contributed by atoms with Crippen molar-refractivity contribution in [2.45, 2.75) is 50.5 Å². The van der Waals surface area contributed by atoms with Gasteiger partial charge in [-0.2, -0.15) is 0 Å². The maximum absolute atomic E-state index is 5.91. The van der Waals surface area contributed by atoms with Crippen molar-refractivity contribution in [2.24, 2.45) is 0 Å². The number of hydrogen-bond acceptors (Lipinski definition) is 3. The average Bonchev–Trinajstić information content (AvgIpc) is 2.97. The molecule has 0 radical (unpaired) electrons. The zero-order chi connectivity index (χ0) is 10.3. The van der Waals surface area contributed by atoms with Crippen LogP contribution in [0, 0.1) is 0 Å². The molecule has 1 aliphatic carbocycles. The molecule has 3 rings (SSSR count). The van der Waals surface area contributed by atoms with Crippen molar-refractivity contribution in [3.8, 4) is 0 Å². The second-order valence-corrected chi connectivity index (χ2v) is 5.75. The first-order valence-electron chi connectivity index (χ1n) is 5.88. The van der Waals surface area contributed by atoms with E-state index in [9.17, 15) is 0 Å². The van der Waals surface area contributed by atoms with Crippen LogP contribution < -0.4 is 0 Å². The van der Waals surface area contributed by atoms with Crippen LogP contribution in [0.1, 0.15) is 55.6 Å². The minimum atomic E-state index is -0.0872. The van der Waals surface area contributed by atoms with Gasteiger partial charge in [-0.15, -0.1) is 11.3 Å². The van der Waals surface area contributed by atoms with Crippen molar-refractivity contribution in [1.82, 2.24) is 4.98 Å². The number of ether oxygens (including phenoxy) is 1. The molecule has 0 spiro atoms. The Labute approximate surface area is 94.7 Å². The van der Waals surface area contributed by atoms with Gasteiger partial charge in [0.05, 0.1) is 5.69 Å². The molecular weight excluding hydrogens is 206 g/mol. The molecule has 1 saturated carbocycles. The zero-order valence-corrected chi connectivity index (χ0v) is 9.98. The highest BCUT2D eigenvalue weighted by Crippen LogP contribution is 2.43. The number of thiazole rings is 1. The summed E-state index contributed by atoms with van der Waals surface area (Å²) in [5.74, 6) is 0.766. The topological polar surface area (TPSA) is 22.1 Å². The fourth-order valence-corrected chi connectivity index (χ4v) is 3.24. The summed E-state index contributed by atoms with van der Waals surface area (Å²) in [6, 6.07) is 0. The highest BCUT2D eigenvalue weighted by molar-refractivity contribution is 7.09. The van der Waals surface area contributed by atoms with Crippen molar-refractivity contribution in [3.63, 3.8) is 0 Å². The van der Waals surface area contributed by atoms with Crippen LogP contribution in [0.15, 0.2) is 5.38 Å². The van der Waals surface area contributed by atoms with Gasteiger partial charge >= 0.3 is 0 Å². The minimum Gasteiger partial charge on any atom is -0.368 e. The van der Waals surface area contributed by atoms with Crippen LogP contribution in [0.3, 0.4) is 0 Å². The van der Waals surface area contributed by atoms with E-state index in [-0.39, 0.29) is 5.60 Å². The molecule has 1 aromatic heterocycles. The lowest BCUT2D eigenvalue weighted by Crippen LogP contribution is -2.30. The molecule has 15 heavy (non-hydrogen) atoms. The Morgan fingerprint density at radius 2 is 2.33 bits per heavy atom. The van der Waals surface area contributed by atoms with Crippen molar-refractivity contribution in [2.75, 3.05) is 6.61 Å². The van der Waals surface area contributed by atoms with Crippen LogP contribution in [-0.4, -0.2) is 11.6 Å². The van der Waals surface area contributed by atoms with Gasteiger partial charge in [-0.3, -0.25) is 0 Å². The summed E-state index contributed by atoms with van der Waals surface area (Å²) in [6.45, 7) is 3.09. The van der Waals surface area contributed by atoms with E-state index in [2.05, 4.69) is 12.3 Å². The molecule has 2 fully saturated rings. The van der Waals surface area contributed by atoms with Gasteiger partial charge in [-0.05, 0) is 39.0 Å². The van der Waals surface area contributed by atoms with Crippen LogP contribution in [0.4, 0.5) is 0 Å². The van der Waals surface area contributed by atoms with Crippen molar-refractivity contribution < 1.29 is 4.74 Å². The fourth-order valence-electron chi connectivity index (χ4n) is 2.20. The molecule has 0 N–H and O–H groups in total. The summed E-state index contributed by atoms with van der Waals surface area (Å²) in [6.07, 6.45) is 6.28. The Morgan fingerprint density at radius 3 is 3.00 bits per heavy atom. The first kappa shape index (κ1) is 9.79. The summed E-state index contributed by atoms with van der Waals surface area (Å²) < 4.78 is 5.91. The normalized spacial score (nSPS) is 31.8. The summed E-state index contributed by atoms with van der Waals surface area (Å²) in [5.41, 5.74) is 1.22. The maximum atomic E-state index is 5.91. The number of aromatic nitrogens is 1. The predicted octanol–water partition coefficient (Wildman–Crippen LogP) is 3.44. The standard InChI is InChI=1S/C12H17NOS/c1-12(6-2-3-7-14-12)11-13-10(8-15-11)9-4-5-9/h8-9H,2-7H2,1H3. The van der Waals surface area contributed by atoms with Crippen LogP contribution in [0.25, 0.3) is 0 Å². The molecule has 1 atom stereocenters. The second-order valence-electron chi connectivity index (χ2n) is 4.89. The summed E-state index contributed by atoms with van der Waals surface area (Å²) >= 11 is 1.79. The van der Waals surface area contributed by atoms with Crippen molar-refractivity contribution in [3.05, 3.63) is 16.1 Å². The Hall–Kier alpha value is -0.410. The Morgan fingerprint density at radius 1 is 1.47 bits per heavy atom. The SMILES string of the molecule is CC1(c2nc(C3CC3)cs2)CCCCO1. The van der Waals surface area contributed by atoms with Crippen LogP contribution >= 0.6 is 11.3 Å². The minimum absolute atomic E-state index is 0.0872. The summed E-state index contributed by atoms with van der Waals surface area (Å²) in [5, 5.41) is 3.43. The Kier molecular flexibility index (Phi) is 2.33. The molecule has 2 aliphatic rings. The predicted molar refractivity (Wildman–Crippen MR) is 61.2 cm³/mol. The molecule has 1 aromatic rings. The number of nitrogens with zero attached hydrogens (tertiary/aromatic N) is 1. The Balaban J connectivity index is 1.83. The molecule has 1 saturated heterocycles. The van der Waals surface area contributed by atoms with E-state index < -0.39 is 0 Å². The highest BCUT2D eigenvalue weighted by Gasteiger charge is 2.34.